The predicted molar refractivity (Wildman–Crippen MR) is 110 cm³/mol. The third-order valence-corrected chi connectivity index (χ3v) is 5.17. The minimum absolute atomic E-state index is 0.502. The van der Waals surface area contributed by atoms with Gasteiger partial charge in [-0.1, -0.05) is 30.3 Å². The highest BCUT2D eigenvalue weighted by atomic mass is 16.3. The first-order valence-electron chi connectivity index (χ1n) is 9.86. The molecule has 6 nitrogen and oxygen atoms in total. The van der Waals surface area contributed by atoms with Crippen LogP contribution in [0.25, 0.3) is 0 Å². The summed E-state index contributed by atoms with van der Waals surface area (Å²) in [4.78, 5) is 7.27. The summed E-state index contributed by atoms with van der Waals surface area (Å²) in [5, 5.41) is 7.87. The Morgan fingerprint density at radius 3 is 2.89 bits per heavy atom. The summed E-state index contributed by atoms with van der Waals surface area (Å²) < 4.78 is 7.32. The SMILES string of the molecule is Cn1cc(C2CCN(C(=NCc3ccccc3)NCCc3ccco3)C2)cn1. The number of hydrogen-bond donors (Lipinski definition) is 1. The van der Waals surface area contributed by atoms with E-state index in [1.54, 1.807) is 6.26 Å². The molecular formula is C22H27N5O. The number of guanidine groups is 1. The van der Waals surface area contributed by atoms with Gasteiger partial charge in [0, 0.05) is 45.2 Å². The van der Waals surface area contributed by atoms with Gasteiger partial charge in [0.2, 0.25) is 0 Å². The molecule has 1 unspecified atom stereocenters. The van der Waals surface area contributed by atoms with E-state index in [0.717, 1.165) is 44.2 Å². The average Bonchev–Trinajstić information content (AvgIpc) is 3.47. The zero-order chi connectivity index (χ0) is 19.2. The number of likely N-dealkylation sites (tertiary alicyclic amines) is 1. The second-order valence-corrected chi connectivity index (χ2v) is 7.26. The third kappa shape index (κ3) is 4.63. The van der Waals surface area contributed by atoms with E-state index in [4.69, 9.17) is 9.41 Å². The van der Waals surface area contributed by atoms with Crippen LogP contribution in [0.5, 0.6) is 0 Å². The minimum atomic E-state index is 0.502. The van der Waals surface area contributed by atoms with Crippen LogP contribution in [-0.2, 0) is 20.0 Å². The van der Waals surface area contributed by atoms with Gasteiger partial charge in [-0.05, 0) is 29.7 Å². The van der Waals surface area contributed by atoms with E-state index in [2.05, 4.69) is 45.8 Å². The molecule has 1 saturated heterocycles. The molecule has 1 aromatic carbocycles. The van der Waals surface area contributed by atoms with Crippen molar-refractivity contribution in [3.63, 3.8) is 0 Å². The fraction of sp³-hybridized carbons (Fsp3) is 0.364. The first kappa shape index (κ1) is 18.3. The monoisotopic (exact) mass is 377 g/mol. The molecule has 3 heterocycles. The standard InChI is InChI=1S/C22H27N5O/c1-26-16-20(15-25-26)19-10-12-27(17-19)22(23-11-9-21-8-5-13-28-21)24-14-18-6-3-2-4-7-18/h2-8,13,15-16,19H,9-12,14,17H2,1H3,(H,23,24). The lowest BCUT2D eigenvalue weighted by atomic mass is 10.0. The van der Waals surface area contributed by atoms with Crippen LogP contribution >= 0.6 is 0 Å². The molecule has 1 atom stereocenters. The topological polar surface area (TPSA) is 58.6 Å². The molecule has 6 heteroatoms. The smallest absolute Gasteiger partial charge is 0.194 e. The largest absolute Gasteiger partial charge is 0.469 e. The molecule has 0 aliphatic carbocycles. The van der Waals surface area contributed by atoms with Gasteiger partial charge in [-0.15, -0.1) is 0 Å². The average molecular weight is 377 g/mol. The molecule has 0 radical (unpaired) electrons. The molecule has 1 fully saturated rings. The van der Waals surface area contributed by atoms with Crippen LogP contribution in [0.15, 0.2) is 70.5 Å². The quantitative estimate of drug-likeness (QED) is 0.529. The lowest BCUT2D eigenvalue weighted by Gasteiger charge is -2.22. The van der Waals surface area contributed by atoms with E-state index in [-0.39, 0.29) is 0 Å². The Kier molecular flexibility index (Phi) is 5.75. The first-order chi connectivity index (χ1) is 13.8. The molecule has 0 spiro atoms. The van der Waals surface area contributed by atoms with Gasteiger partial charge in [-0.3, -0.25) is 4.68 Å². The number of furan rings is 1. The molecule has 0 bridgehead atoms. The van der Waals surface area contributed by atoms with E-state index < -0.39 is 0 Å². The van der Waals surface area contributed by atoms with Crippen molar-refractivity contribution in [1.29, 1.82) is 0 Å². The maximum atomic E-state index is 5.44. The highest BCUT2D eigenvalue weighted by molar-refractivity contribution is 5.80. The molecule has 146 valence electrons. The Morgan fingerprint density at radius 2 is 2.14 bits per heavy atom. The molecule has 3 aromatic rings. The Balaban J connectivity index is 1.42. The summed E-state index contributed by atoms with van der Waals surface area (Å²) in [5.74, 6) is 2.47. The first-order valence-corrected chi connectivity index (χ1v) is 9.86. The van der Waals surface area contributed by atoms with Crippen LogP contribution in [-0.4, -0.2) is 40.3 Å². The maximum Gasteiger partial charge on any atom is 0.194 e. The van der Waals surface area contributed by atoms with Crippen molar-refractivity contribution >= 4 is 5.96 Å². The minimum Gasteiger partial charge on any atom is -0.469 e. The second kappa shape index (κ2) is 8.78. The number of hydrogen-bond acceptors (Lipinski definition) is 3. The fourth-order valence-corrected chi connectivity index (χ4v) is 3.65. The van der Waals surface area contributed by atoms with Crippen LogP contribution in [0.2, 0.25) is 0 Å². The van der Waals surface area contributed by atoms with E-state index in [0.29, 0.717) is 12.5 Å². The van der Waals surface area contributed by atoms with E-state index in [9.17, 15) is 0 Å². The number of nitrogens with zero attached hydrogens (tertiary/aromatic N) is 4. The summed E-state index contributed by atoms with van der Waals surface area (Å²) in [6.45, 7) is 3.45. The highest BCUT2D eigenvalue weighted by Crippen LogP contribution is 2.26. The van der Waals surface area contributed by atoms with Crippen molar-refractivity contribution in [3.05, 3.63) is 78.0 Å². The Bertz CT molecular complexity index is 885. The van der Waals surface area contributed by atoms with Gasteiger partial charge in [0.05, 0.1) is 19.0 Å². The van der Waals surface area contributed by atoms with E-state index >= 15 is 0 Å². The van der Waals surface area contributed by atoms with Gasteiger partial charge in [-0.2, -0.15) is 5.10 Å². The molecule has 28 heavy (non-hydrogen) atoms. The normalized spacial score (nSPS) is 17.2. The summed E-state index contributed by atoms with van der Waals surface area (Å²) >= 11 is 0. The summed E-state index contributed by atoms with van der Waals surface area (Å²) in [6.07, 6.45) is 7.80. The number of aliphatic imine (C=N–C) groups is 1. The summed E-state index contributed by atoms with van der Waals surface area (Å²) in [5.41, 5.74) is 2.53. The van der Waals surface area contributed by atoms with E-state index in [1.807, 2.05) is 36.1 Å². The molecule has 0 amide bonds. The van der Waals surface area contributed by atoms with Crippen LogP contribution in [0, 0.1) is 0 Å². The fourth-order valence-electron chi connectivity index (χ4n) is 3.65. The molecule has 1 aliphatic rings. The zero-order valence-corrected chi connectivity index (χ0v) is 16.3. The molecule has 2 aromatic heterocycles. The van der Waals surface area contributed by atoms with Gasteiger partial charge < -0.3 is 14.6 Å². The van der Waals surface area contributed by atoms with Crippen LogP contribution in [0.1, 0.15) is 29.2 Å². The molecule has 0 saturated carbocycles. The van der Waals surface area contributed by atoms with Crippen molar-refractivity contribution in [3.8, 4) is 0 Å². The van der Waals surface area contributed by atoms with Crippen LogP contribution in [0.4, 0.5) is 0 Å². The second-order valence-electron chi connectivity index (χ2n) is 7.26. The van der Waals surface area contributed by atoms with E-state index in [1.165, 1.54) is 11.1 Å². The number of rotatable bonds is 6. The van der Waals surface area contributed by atoms with Crippen molar-refractivity contribution in [1.82, 2.24) is 20.0 Å². The summed E-state index contributed by atoms with van der Waals surface area (Å²) in [7, 11) is 1.97. The van der Waals surface area contributed by atoms with Gasteiger partial charge >= 0.3 is 0 Å². The third-order valence-electron chi connectivity index (χ3n) is 5.17. The maximum absolute atomic E-state index is 5.44. The van der Waals surface area contributed by atoms with Crippen LogP contribution in [0.3, 0.4) is 0 Å². The highest BCUT2D eigenvalue weighted by Gasteiger charge is 2.27. The predicted octanol–water partition coefficient (Wildman–Crippen LogP) is 3.19. The Labute approximate surface area is 165 Å². The number of aryl methyl sites for hydroxylation is 1. The molecule has 4 rings (SSSR count). The number of nitrogens with one attached hydrogen (secondary N) is 1. The van der Waals surface area contributed by atoms with Gasteiger partial charge in [-0.25, -0.2) is 4.99 Å². The van der Waals surface area contributed by atoms with Gasteiger partial charge in [0.1, 0.15) is 5.76 Å². The van der Waals surface area contributed by atoms with Crippen molar-refractivity contribution in [2.75, 3.05) is 19.6 Å². The van der Waals surface area contributed by atoms with Gasteiger partial charge in [0.15, 0.2) is 5.96 Å². The lowest BCUT2D eigenvalue weighted by molar-refractivity contribution is 0.475. The Hall–Kier alpha value is -3.02. The Morgan fingerprint density at radius 1 is 1.25 bits per heavy atom. The number of aromatic nitrogens is 2. The van der Waals surface area contributed by atoms with Crippen molar-refractivity contribution in [2.24, 2.45) is 12.0 Å². The molecular weight excluding hydrogens is 350 g/mol. The molecule has 1 aliphatic heterocycles. The van der Waals surface area contributed by atoms with Crippen LogP contribution < -0.4 is 5.32 Å². The van der Waals surface area contributed by atoms with Crippen molar-refractivity contribution < 1.29 is 4.42 Å². The summed E-state index contributed by atoms with van der Waals surface area (Å²) in [6, 6.07) is 14.3. The number of benzene rings is 1. The zero-order valence-electron chi connectivity index (χ0n) is 16.3. The van der Waals surface area contributed by atoms with Gasteiger partial charge in [0.25, 0.3) is 0 Å². The molecule has 1 N–H and O–H groups in total. The van der Waals surface area contributed by atoms with Crippen molar-refractivity contribution in [2.45, 2.75) is 25.3 Å². The lowest BCUT2D eigenvalue weighted by Crippen LogP contribution is -2.41.